The van der Waals surface area contributed by atoms with Gasteiger partial charge in [0.2, 0.25) is 11.8 Å². The van der Waals surface area contributed by atoms with E-state index < -0.39 is 0 Å². The van der Waals surface area contributed by atoms with E-state index in [9.17, 15) is 9.59 Å². The van der Waals surface area contributed by atoms with Crippen LogP contribution in [-0.4, -0.2) is 23.9 Å². The fourth-order valence-electron chi connectivity index (χ4n) is 2.54. The Kier molecular flexibility index (Phi) is 4.12. The largest absolute Gasteiger partial charge is 0.354 e. The summed E-state index contributed by atoms with van der Waals surface area (Å²) < 4.78 is 0. The van der Waals surface area contributed by atoms with E-state index in [-0.39, 0.29) is 35.1 Å². The number of nitrogens with one attached hydrogen (secondary N) is 2. The Labute approximate surface area is 122 Å². The van der Waals surface area contributed by atoms with Gasteiger partial charge in [-0.15, -0.1) is 0 Å². The van der Waals surface area contributed by atoms with Crippen molar-refractivity contribution in [2.24, 2.45) is 29.6 Å². The van der Waals surface area contributed by atoms with Gasteiger partial charge in [-0.25, -0.2) is 0 Å². The Bertz CT molecular complexity index is 407. The van der Waals surface area contributed by atoms with Gasteiger partial charge < -0.3 is 10.6 Å². The highest BCUT2D eigenvalue weighted by Gasteiger charge is 2.43. The average Bonchev–Trinajstić information content (AvgIpc) is 3.25. The van der Waals surface area contributed by atoms with E-state index in [0.29, 0.717) is 18.4 Å². The van der Waals surface area contributed by atoms with Crippen LogP contribution in [0.4, 0.5) is 0 Å². The number of hydrogen-bond acceptors (Lipinski definition) is 2. The maximum absolute atomic E-state index is 12.2. The van der Waals surface area contributed by atoms with Crippen LogP contribution in [0.3, 0.4) is 0 Å². The smallest absolute Gasteiger partial charge is 0.223 e. The summed E-state index contributed by atoms with van der Waals surface area (Å²) in [6, 6.07) is 0. The van der Waals surface area contributed by atoms with Crippen LogP contribution in [0.15, 0.2) is 0 Å². The first kappa shape index (κ1) is 15.3. The highest BCUT2D eigenvalue weighted by atomic mass is 16.2. The molecule has 114 valence electrons. The van der Waals surface area contributed by atoms with Crippen LogP contribution in [0.1, 0.15) is 47.5 Å². The van der Waals surface area contributed by atoms with Gasteiger partial charge in [-0.1, -0.05) is 27.7 Å². The zero-order valence-corrected chi connectivity index (χ0v) is 13.3. The van der Waals surface area contributed by atoms with E-state index in [0.717, 1.165) is 12.8 Å². The second-order valence-corrected chi connectivity index (χ2v) is 7.42. The van der Waals surface area contributed by atoms with Crippen molar-refractivity contribution in [3.05, 3.63) is 0 Å². The third-order valence-corrected chi connectivity index (χ3v) is 5.21. The molecular weight excluding hydrogens is 252 g/mol. The highest BCUT2D eigenvalue weighted by molar-refractivity contribution is 5.83. The number of amides is 2. The van der Waals surface area contributed by atoms with Crippen LogP contribution in [0.5, 0.6) is 0 Å². The molecule has 0 unspecified atom stereocenters. The maximum atomic E-state index is 12.2. The molecule has 0 aromatic heterocycles. The molecule has 0 aliphatic heterocycles. The minimum atomic E-state index is -0.368. The number of carbonyl (C=O) groups is 2. The van der Waals surface area contributed by atoms with Gasteiger partial charge in [-0.3, -0.25) is 9.59 Å². The molecule has 2 amide bonds. The van der Waals surface area contributed by atoms with Crippen LogP contribution in [0.25, 0.3) is 0 Å². The first-order valence-electron chi connectivity index (χ1n) is 7.84. The molecule has 0 bridgehead atoms. The summed E-state index contributed by atoms with van der Waals surface area (Å²) in [6.45, 7) is 10.9. The van der Waals surface area contributed by atoms with Crippen molar-refractivity contribution >= 4 is 11.8 Å². The molecule has 4 nitrogen and oxygen atoms in total. The molecule has 2 fully saturated rings. The molecule has 0 saturated heterocycles. The molecule has 2 aliphatic carbocycles. The molecule has 2 rings (SSSR count). The van der Waals surface area contributed by atoms with Crippen molar-refractivity contribution in [1.82, 2.24) is 10.6 Å². The van der Waals surface area contributed by atoms with Crippen molar-refractivity contribution in [2.45, 2.75) is 53.0 Å². The topological polar surface area (TPSA) is 58.2 Å². The summed E-state index contributed by atoms with van der Waals surface area (Å²) in [6.07, 6.45) is 1.99. The number of carbonyl (C=O) groups excluding carboxylic acids is 2. The van der Waals surface area contributed by atoms with Gasteiger partial charge in [0, 0.05) is 18.4 Å². The van der Waals surface area contributed by atoms with Gasteiger partial charge in [-0.05, 0) is 37.5 Å². The second-order valence-electron chi connectivity index (χ2n) is 7.42. The van der Waals surface area contributed by atoms with Crippen LogP contribution < -0.4 is 10.6 Å². The Morgan fingerprint density at radius 2 is 1.55 bits per heavy atom. The second kappa shape index (κ2) is 5.38. The summed E-state index contributed by atoms with van der Waals surface area (Å²) >= 11 is 0. The quantitative estimate of drug-likeness (QED) is 0.781. The molecule has 20 heavy (non-hydrogen) atoms. The van der Waals surface area contributed by atoms with Crippen LogP contribution in [0, 0.1) is 29.6 Å². The van der Waals surface area contributed by atoms with Gasteiger partial charge in [0.05, 0.1) is 5.54 Å². The van der Waals surface area contributed by atoms with Gasteiger partial charge in [0.25, 0.3) is 0 Å². The van der Waals surface area contributed by atoms with Crippen molar-refractivity contribution in [3.8, 4) is 0 Å². The molecule has 0 spiro atoms. The van der Waals surface area contributed by atoms with E-state index in [2.05, 4.69) is 38.3 Å². The van der Waals surface area contributed by atoms with Crippen molar-refractivity contribution in [2.75, 3.05) is 6.54 Å². The molecule has 0 aromatic carbocycles. The molecule has 5 atom stereocenters. The van der Waals surface area contributed by atoms with Gasteiger partial charge in [0.15, 0.2) is 0 Å². The van der Waals surface area contributed by atoms with Crippen LogP contribution in [-0.2, 0) is 9.59 Å². The third-order valence-electron chi connectivity index (χ3n) is 5.21. The highest BCUT2D eigenvalue weighted by Crippen LogP contribution is 2.39. The lowest BCUT2D eigenvalue weighted by molar-refractivity contribution is -0.126. The summed E-state index contributed by atoms with van der Waals surface area (Å²) in [5.74, 6) is 1.94. The molecule has 0 heterocycles. The number of hydrogen-bond donors (Lipinski definition) is 2. The molecule has 2 N–H and O–H groups in total. The lowest BCUT2D eigenvalue weighted by atomic mass is 9.87. The minimum absolute atomic E-state index is 0.137. The summed E-state index contributed by atoms with van der Waals surface area (Å²) in [4.78, 5) is 24.1. The van der Waals surface area contributed by atoms with Gasteiger partial charge in [-0.2, -0.15) is 0 Å². The third kappa shape index (κ3) is 3.33. The molecule has 0 aromatic rings. The molecular formula is C16H28N2O2. The molecule has 2 aliphatic rings. The molecule has 0 radical (unpaired) electrons. The SMILES string of the molecule is CC(C)[C@](C)(CNC(=O)[C@H]1C[C@H]1C)NC(=O)[C@H]1C[C@@H]1C. The fraction of sp³-hybridized carbons (Fsp3) is 0.875. The molecule has 2 saturated carbocycles. The van der Waals surface area contributed by atoms with Crippen LogP contribution in [0.2, 0.25) is 0 Å². The van der Waals surface area contributed by atoms with E-state index in [1.54, 1.807) is 0 Å². The lowest BCUT2D eigenvalue weighted by Crippen LogP contribution is -2.57. The minimum Gasteiger partial charge on any atom is -0.354 e. The fourth-order valence-corrected chi connectivity index (χ4v) is 2.54. The van der Waals surface area contributed by atoms with Crippen LogP contribution >= 0.6 is 0 Å². The molecule has 4 heteroatoms. The monoisotopic (exact) mass is 280 g/mol. The Balaban J connectivity index is 1.87. The first-order chi connectivity index (χ1) is 9.24. The lowest BCUT2D eigenvalue weighted by Gasteiger charge is -2.35. The zero-order valence-electron chi connectivity index (χ0n) is 13.3. The van der Waals surface area contributed by atoms with Gasteiger partial charge >= 0.3 is 0 Å². The Morgan fingerprint density at radius 1 is 1.10 bits per heavy atom. The van der Waals surface area contributed by atoms with E-state index >= 15 is 0 Å². The average molecular weight is 280 g/mol. The summed E-state index contributed by atoms with van der Waals surface area (Å²) in [5, 5.41) is 6.18. The zero-order chi connectivity index (χ0) is 15.1. The number of rotatable bonds is 6. The maximum Gasteiger partial charge on any atom is 0.223 e. The Morgan fingerprint density at radius 3 is 1.95 bits per heavy atom. The predicted molar refractivity (Wildman–Crippen MR) is 78.9 cm³/mol. The Hall–Kier alpha value is -1.06. The normalized spacial score (nSPS) is 34.3. The van der Waals surface area contributed by atoms with Crippen molar-refractivity contribution in [1.29, 1.82) is 0 Å². The predicted octanol–water partition coefficient (Wildman–Crippen LogP) is 1.95. The van der Waals surface area contributed by atoms with E-state index in [4.69, 9.17) is 0 Å². The van der Waals surface area contributed by atoms with E-state index in [1.165, 1.54) is 0 Å². The summed E-state index contributed by atoms with van der Waals surface area (Å²) in [7, 11) is 0. The van der Waals surface area contributed by atoms with Gasteiger partial charge in [0.1, 0.15) is 0 Å². The summed E-state index contributed by atoms with van der Waals surface area (Å²) in [5.41, 5.74) is -0.368. The van der Waals surface area contributed by atoms with Crippen molar-refractivity contribution < 1.29 is 9.59 Å². The van der Waals surface area contributed by atoms with E-state index in [1.807, 2.05) is 6.92 Å². The van der Waals surface area contributed by atoms with Crippen molar-refractivity contribution in [3.63, 3.8) is 0 Å². The first-order valence-corrected chi connectivity index (χ1v) is 7.84. The standard InChI is InChI=1S/C16H28N2O2/c1-9(2)16(5,18-15(20)13-7-11(13)4)8-17-14(19)12-6-10(12)3/h9-13H,6-8H2,1-5H3,(H,17,19)(H,18,20)/t10-,11+,12+,13+,16+/m1/s1.